The molecule has 28 heavy (non-hydrogen) atoms. The number of amides is 1. The summed E-state index contributed by atoms with van der Waals surface area (Å²) in [5, 5.41) is 6.51. The Morgan fingerprint density at radius 2 is 1.86 bits per heavy atom. The van der Waals surface area contributed by atoms with Crippen molar-refractivity contribution in [3.8, 4) is 0 Å². The third-order valence-electron chi connectivity index (χ3n) is 5.51. The number of halogens is 3. The predicted octanol–water partition coefficient (Wildman–Crippen LogP) is 4.66. The molecular weight excluding hydrogens is 367 g/mol. The Balaban J connectivity index is 1.83. The molecule has 1 aromatic rings. The van der Waals surface area contributed by atoms with Crippen molar-refractivity contribution in [2.45, 2.75) is 83.5 Å². The normalized spacial score (nSPS) is 22.0. The number of alkyl halides is 3. The SMILES string of the molecule is CC(=O)NC1CCC(CC(C)(C)NC[C@H](C)c2cccc(C(F)(F)F)n2)CC1. The second-order valence-electron chi connectivity index (χ2n) is 8.73. The highest BCUT2D eigenvalue weighted by atomic mass is 19.4. The van der Waals surface area contributed by atoms with Crippen molar-refractivity contribution in [3.05, 3.63) is 29.6 Å². The van der Waals surface area contributed by atoms with Crippen molar-refractivity contribution >= 4 is 5.91 Å². The van der Waals surface area contributed by atoms with Crippen LogP contribution in [-0.4, -0.2) is 29.0 Å². The molecule has 1 heterocycles. The fourth-order valence-electron chi connectivity index (χ4n) is 4.01. The number of pyridine rings is 1. The Bertz CT molecular complexity index is 653. The van der Waals surface area contributed by atoms with E-state index in [9.17, 15) is 18.0 Å². The number of carbonyl (C=O) groups is 1. The monoisotopic (exact) mass is 399 g/mol. The van der Waals surface area contributed by atoms with Crippen LogP contribution in [-0.2, 0) is 11.0 Å². The third kappa shape index (κ3) is 7.08. The zero-order valence-corrected chi connectivity index (χ0v) is 17.2. The highest BCUT2D eigenvalue weighted by Crippen LogP contribution is 2.31. The van der Waals surface area contributed by atoms with E-state index in [1.807, 2.05) is 6.92 Å². The fraction of sp³-hybridized carbons (Fsp3) is 0.714. The maximum atomic E-state index is 12.9. The molecule has 1 aromatic heterocycles. The van der Waals surface area contributed by atoms with E-state index in [1.54, 1.807) is 13.0 Å². The molecule has 158 valence electrons. The van der Waals surface area contributed by atoms with Gasteiger partial charge in [-0.3, -0.25) is 4.79 Å². The lowest BCUT2D eigenvalue weighted by atomic mass is 9.79. The second-order valence-corrected chi connectivity index (χ2v) is 8.73. The smallest absolute Gasteiger partial charge is 0.354 e. The molecule has 0 bridgehead atoms. The molecule has 1 fully saturated rings. The number of rotatable bonds is 7. The average molecular weight is 400 g/mol. The van der Waals surface area contributed by atoms with Gasteiger partial charge < -0.3 is 10.6 Å². The summed E-state index contributed by atoms with van der Waals surface area (Å²) in [5.74, 6) is 0.509. The van der Waals surface area contributed by atoms with E-state index in [0.29, 0.717) is 18.2 Å². The summed E-state index contributed by atoms with van der Waals surface area (Å²) in [5.41, 5.74) is -0.498. The number of carbonyl (C=O) groups excluding carboxylic acids is 1. The largest absolute Gasteiger partial charge is 0.433 e. The number of aromatic nitrogens is 1. The average Bonchev–Trinajstić information content (AvgIpc) is 2.60. The molecular formula is C21H32F3N3O. The molecule has 0 saturated heterocycles. The van der Waals surface area contributed by atoms with E-state index < -0.39 is 11.9 Å². The summed E-state index contributed by atoms with van der Waals surface area (Å²) in [6.07, 6.45) is 0.762. The molecule has 1 saturated carbocycles. The first-order valence-electron chi connectivity index (χ1n) is 10.0. The van der Waals surface area contributed by atoms with Crippen LogP contribution in [0.15, 0.2) is 18.2 Å². The lowest BCUT2D eigenvalue weighted by Gasteiger charge is -2.36. The van der Waals surface area contributed by atoms with Crippen molar-refractivity contribution in [2.75, 3.05) is 6.54 Å². The molecule has 0 spiro atoms. The minimum Gasteiger partial charge on any atom is -0.354 e. The first kappa shape index (κ1) is 22.7. The molecule has 1 aliphatic rings. The highest BCUT2D eigenvalue weighted by Gasteiger charge is 2.33. The Morgan fingerprint density at radius 3 is 2.43 bits per heavy atom. The van der Waals surface area contributed by atoms with E-state index in [0.717, 1.165) is 38.2 Å². The highest BCUT2D eigenvalue weighted by molar-refractivity contribution is 5.73. The van der Waals surface area contributed by atoms with Crippen molar-refractivity contribution < 1.29 is 18.0 Å². The van der Waals surface area contributed by atoms with Gasteiger partial charge in [0.05, 0.1) is 0 Å². The molecule has 0 aromatic carbocycles. The summed E-state index contributed by atoms with van der Waals surface area (Å²) in [6, 6.07) is 4.36. The van der Waals surface area contributed by atoms with Gasteiger partial charge in [-0.05, 0) is 64.0 Å². The summed E-state index contributed by atoms with van der Waals surface area (Å²) in [4.78, 5) is 15.0. The summed E-state index contributed by atoms with van der Waals surface area (Å²) < 4.78 is 38.6. The van der Waals surface area contributed by atoms with Crippen LogP contribution in [0, 0.1) is 5.92 Å². The van der Waals surface area contributed by atoms with Crippen LogP contribution >= 0.6 is 0 Å². The van der Waals surface area contributed by atoms with Crippen molar-refractivity contribution in [3.63, 3.8) is 0 Å². The van der Waals surface area contributed by atoms with E-state index in [4.69, 9.17) is 0 Å². The molecule has 2 rings (SSSR count). The molecule has 1 aliphatic carbocycles. The van der Waals surface area contributed by atoms with E-state index >= 15 is 0 Å². The Morgan fingerprint density at radius 1 is 1.21 bits per heavy atom. The third-order valence-corrected chi connectivity index (χ3v) is 5.51. The molecule has 7 heteroatoms. The molecule has 0 aliphatic heterocycles. The van der Waals surface area contributed by atoms with Gasteiger partial charge in [-0.25, -0.2) is 4.98 Å². The summed E-state index contributed by atoms with van der Waals surface area (Å²) >= 11 is 0. The van der Waals surface area contributed by atoms with Crippen LogP contribution < -0.4 is 10.6 Å². The van der Waals surface area contributed by atoms with Crippen LogP contribution in [0.5, 0.6) is 0 Å². The van der Waals surface area contributed by atoms with Crippen LogP contribution in [0.25, 0.3) is 0 Å². The van der Waals surface area contributed by atoms with Crippen molar-refractivity contribution in [2.24, 2.45) is 5.92 Å². The summed E-state index contributed by atoms with van der Waals surface area (Å²) in [7, 11) is 0. The standard InChI is InChI=1S/C21H32F3N3O/c1-14(18-6-5-7-19(27-18)21(22,23)24)13-25-20(3,4)12-16-8-10-17(11-9-16)26-15(2)28/h5-7,14,16-17,25H,8-13H2,1-4H3,(H,26,28)/t14-,16?,17?/m0/s1. The fourth-order valence-corrected chi connectivity index (χ4v) is 4.01. The second kappa shape index (κ2) is 9.25. The van der Waals surface area contributed by atoms with Gasteiger partial charge in [0.25, 0.3) is 0 Å². The minimum absolute atomic E-state index is 0.0302. The van der Waals surface area contributed by atoms with Crippen molar-refractivity contribution in [1.29, 1.82) is 0 Å². The molecule has 1 amide bonds. The quantitative estimate of drug-likeness (QED) is 0.701. The zero-order chi connectivity index (χ0) is 20.9. The number of nitrogens with one attached hydrogen (secondary N) is 2. The van der Waals surface area contributed by atoms with Gasteiger partial charge in [-0.2, -0.15) is 13.2 Å². The Hall–Kier alpha value is -1.63. The van der Waals surface area contributed by atoms with Crippen LogP contribution in [0.2, 0.25) is 0 Å². The van der Waals surface area contributed by atoms with Gasteiger partial charge in [0.2, 0.25) is 5.91 Å². The number of nitrogens with zero attached hydrogens (tertiary/aromatic N) is 1. The van der Waals surface area contributed by atoms with Crippen LogP contribution in [0.1, 0.15) is 77.1 Å². The van der Waals surface area contributed by atoms with Gasteiger partial charge in [0.1, 0.15) is 5.69 Å². The topological polar surface area (TPSA) is 54.0 Å². The Kier molecular flexibility index (Phi) is 7.48. The lowest BCUT2D eigenvalue weighted by molar-refractivity contribution is -0.141. The predicted molar refractivity (Wildman–Crippen MR) is 104 cm³/mol. The van der Waals surface area contributed by atoms with E-state index in [2.05, 4.69) is 29.5 Å². The lowest BCUT2D eigenvalue weighted by Crippen LogP contribution is -2.44. The van der Waals surface area contributed by atoms with Gasteiger partial charge in [-0.15, -0.1) is 0 Å². The van der Waals surface area contributed by atoms with Crippen LogP contribution in [0.4, 0.5) is 13.2 Å². The molecule has 0 unspecified atom stereocenters. The molecule has 2 N–H and O–H groups in total. The van der Waals surface area contributed by atoms with Gasteiger partial charge in [0.15, 0.2) is 0 Å². The maximum absolute atomic E-state index is 12.9. The minimum atomic E-state index is -4.42. The zero-order valence-electron chi connectivity index (χ0n) is 17.2. The van der Waals surface area contributed by atoms with Gasteiger partial charge in [0, 0.05) is 36.7 Å². The van der Waals surface area contributed by atoms with Gasteiger partial charge >= 0.3 is 6.18 Å². The maximum Gasteiger partial charge on any atom is 0.433 e. The first-order valence-corrected chi connectivity index (χ1v) is 10.0. The Labute approximate surface area is 165 Å². The van der Waals surface area contributed by atoms with Gasteiger partial charge in [-0.1, -0.05) is 13.0 Å². The molecule has 0 radical (unpaired) electrons. The first-order chi connectivity index (χ1) is 13.0. The van der Waals surface area contributed by atoms with E-state index in [-0.39, 0.29) is 23.4 Å². The van der Waals surface area contributed by atoms with Crippen molar-refractivity contribution in [1.82, 2.24) is 15.6 Å². The number of hydrogen-bond acceptors (Lipinski definition) is 3. The molecule has 1 atom stereocenters. The van der Waals surface area contributed by atoms with E-state index in [1.165, 1.54) is 6.07 Å². The molecule has 4 nitrogen and oxygen atoms in total. The summed E-state index contributed by atoms with van der Waals surface area (Å²) in [6.45, 7) is 8.30. The van der Waals surface area contributed by atoms with Crippen LogP contribution in [0.3, 0.4) is 0 Å². The number of hydrogen-bond donors (Lipinski definition) is 2.